The molecule has 2 fully saturated rings. The average molecular weight is 315 g/mol. The quantitative estimate of drug-likeness (QED) is 0.785. The van der Waals surface area contributed by atoms with Gasteiger partial charge < -0.3 is 15.5 Å². The van der Waals surface area contributed by atoms with Crippen molar-refractivity contribution in [1.29, 1.82) is 0 Å². The van der Waals surface area contributed by atoms with Crippen molar-refractivity contribution in [2.75, 3.05) is 6.54 Å². The van der Waals surface area contributed by atoms with Crippen LogP contribution in [0.3, 0.4) is 0 Å². The van der Waals surface area contributed by atoms with E-state index in [4.69, 9.17) is 0 Å². The molecule has 1 aromatic carbocycles. The number of phenolic OH excluding ortho intramolecular Hbond substituents is 1. The fraction of sp³-hybridized carbons (Fsp3) is 0.700. The first-order valence-electron chi connectivity index (χ1n) is 9.28. The summed E-state index contributed by atoms with van der Waals surface area (Å²) in [5, 5.41) is 24.2. The Hall–Kier alpha value is -1.06. The summed E-state index contributed by atoms with van der Waals surface area (Å²) in [6, 6.07) is 6.40. The molecule has 6 atom stereocenters. The highest BCUT2D eigenvalue weighted by Crippen LogP contribution is 2.60. The van der Waals surface area contributed by atoms with Crippen LogP contribution in [0.1, 0.15) is 56.6 Å². The molecule has 0 aliphatic heterocycles. The first-order valence-corrected chi connectivity index (χ1v) is 9.28. The zero-order valence-corrected chi connectivity index (χ0v) is 14.3. The molecule has 3 aliphatic carbocycles. The Labute approximate surface area is 139 Å². The lowest BCUT2D eigenvalue weighted by Crippen LogP contribution is -2.54. The molecule has 3 nitrogen and oxygen atoms in total. The number of benzene rings is 1. The second-order valence-corrected chi connectivity index (χ2v) is 8.19. The summed E-state index contributed by atoms with van der Waals surface area (Å²) in [6.07, 6.45) is 5.31. The summed E-state index contributed by atoms with van der Waals surface area (Å²) in [7, 11) is 0. The third-order valence-corrected chi connectivity index (χ3v) is 7.13. The number of hydrogen-bond donors (Lipinski definition) is 3. The Morgan fingerprint density at radius 3 is 2.87 bits per heavy atom. The smallest absolute Gasteiger partial charge is 0.115 e. The first kappa shape index (κ1) is 15.5. The lowest BCUT2D eigenvalue weighted by molar-refractivity contribution is -0.0366. The number of aryl methyl sites for hydroxylation is 1. The molecule has 4 rings (SSSR count). The molecule has 0 aromatic heterocycles. The van der Waals surface area contributed by atoms with Crippen molar-refractivity contribution in [2.24, 2.45) is 17.3 Å². The predicted octanol–water partition coefficient (Wildman–Crippen LogP) is 3.20. The van der Waals surface area contributed by atoms with E-state index in [1.165, 1.54) is 24.0 Å². The van der Waals surface area contributed by atoms with Gasteiger partial charge in [-0.25, -0.2) is 0 Å². The summed E-state index contributed by atoms with van der Waals surface area (Å²) in [6.45, 7) is 5.47. The summed E-state index contributed by atoms with van der Waals surface area (Å²) in [5.74, 6) is 2.22. The summed E-state index contributed by atoms with van der Waals surface area (Å²) >= 11 is 0. The van der Waals surface area contributed by atoms with E-state index in [1.807, 2.05) is 12.1 Å². The van der Waals surface area contributed by atoms with Gasteiger partial charge in [-0.1, -0.05) is 19.9 Å². The van der Waals surface area contributed by atoms with Crippen LogP contribution in [0.4, 0.5) is 0 Å². The van der Waals surface area contributed by atoms with Crippen molar-refractivity contribution in [3.8, 4) is 5.75 Å². The monoisotopic (exact) mass is 315 g/mol. The SMILES string of the molecule is CCN[C@H]1C[C@@]2(C)C(CC[C@@H]2O)C2CCc3cc(O)ccc3C21. The Morgan fingerprint density at radius 1 is 1.26 bits per heavy atom. The molecule has 0 amide bonds. The molecule has 23 heavy (non-hydrogen) atoms. The predicted molar refractivity (Wildman–Crippen MR) is 91.6 cm³/mol. The van der Waals surface area contributed by atoms with Crippen LogP contribution < -0.4 is 5.32 Å². The van der Waals surface area contributed by atoms with E-state index >= 15 is 0 Å². The van der Waals surface area contributed by atoms with Gasteiger partial charge >= 0.3 is 0 Å². The van der Waals surface area contributed by atoms with Gasteiger partial charge in [-0.3, -0.25) is 0 Å². The van der Waals surface area contributed by atoms with Gasteiger partial charge in [0.05, 0.1) is 6.10 Å². The van der Waals surface area contributed by atoms with Crippen LogP contribution in [-0.2, 0) is 6.42 Å². The number of rotatable bonds is 2. The molecule has 0 saturated heterocycles. The van der Waals surface area contributed by atoms with E-state index < -0.39 is 0 Å². The third-order valence-electron chi connectivity index (χ3n) is 7.13. The van der Waals surface area contributed by atoms with Crippen molar-refractivity contribution < 1.29 is 10.2 Å². The third kappa shape index (κ3) is 2.24. The van der Waals surface area contributed by atoms with Crippen LogP contribution in [0.5, 0.6) is 5.75 Å². The molecule has 0 bridgehead atoms. The van der Waals surface area contributed by atoms with Crippen molar-refractivity contribution in [3.63, 3.8) is 0 Å². The highest BCUT2D eigenvalue weighted by molar-refractivity contribution is 5.41. The number of aliphatic hydroxyl groups is 1. The standard InChI is InChI=1S/C20H29NO2/c1-3-21-17-11-20(2)16(8-9-18(20)23)15-6-4-12-10-13(22)5-7-14(12)19(15)17/h5,7,10,15-19,21-23H,3-4,6,8-9,11H2,1-2H3/t15?,16?,17-,18-,19?,20-/m0/s1. The fourth-order valence-electron chi connectivity index (χ4n) is 6.13. The zero-order chi connectivity index (χ0) is 16.2. The first-order chi connectivity index (χ1) is 11.0. The molecule has 3 aliphatic rings. The molecule has 3 heteroatoms. The van der Waals surface area contributed by atoms with Gasteiger partial charge in [-0.2, -0.15) is 0 Å². The molecule has 1 aromatic rings. The number of aliphatic hydroxyl groups excluding tert-OH is 1. The van der Waals surface area contributed by atoms with E-state index in [0.717, 1.165) is 25.8 Å². The van der Waals surface area contributed by atoms with Crippen LogP contribution in [0, 0.1) is 17.3 Å². The number of aromatic hydroxyl groups is 1. The Balaban J connectivity index is 1.77. The number of nitrogens with one attached hydrogen (secondary N) is 1. The Bertz CT molecular complexity index is 601. The van der Waals surface area contributed by atoms with E-state index in [9.17, 15) is 10.2 Å². The minimum Gasteiger partial charge on any atom is -0.508 e. The second-order valence-electron chi connectivity index (χ2n) is 8.19. The minimum absolute atomic E-state index is 0.0719. The minimum atomic E-state index is -0.143. The number of likely N-dealkylation sites (N-methyl/N-ethyl adjacent to an activating group) is 1. The normalized spacial score (nSPS) is 42.0. The van der Waals surface area contributed by atoms with Crippen molar-refractivity contribution in [3.05, 3.63) is 29.3 Å². The van der Waals surface area contributed by atoms with Gasteiger partial charge in [-0.05, 0) is 79.2 Å². The van der Waals surface area contributed by atoms with Crippen LogP contribution in [-0.4, -0.2) is 28.9 Å². The van der Waals surface area contributed by atoms with Gasteiger partial charge in [0.15, 0.2) is 0 Å². The molecule has 0 radical (unpaired) electrons. The molecule has 3 unspecified atom stereocenters. The summed E-state index contributed by atoms with van der Waals surface area (Å²) < 4.78 is 0. The van der Waals surface area contributed by atoms with E-state index in [1.54, 1.807) is 0 Å². The Kier molecular flexibility index (Phi) is 3.69. The molecular weight excluding hydrogens is 286 g/mol. The van der Waals surface area contributed by atoms with Crippen molar-refractivity contribution in [1.82, 2.24) is 5.32 Å². The van der Waals surface area contributed by atoms with Crippen LogP contribution in [0.2, 0.25) is 0 Å². The van der Waals surface area contributed by atoms with Gasteiger partial charge in [0.25, 0.3) is 0 Å². The van der Waals surface area contributed by atoms with Crippen LogP contribution in [0.15, 0.2) is 18.2 Å². The maximum Gasteiger partial charge on any atom is 0.115 e. The van der Waals surface area contributed by atoms with E-state index in [0.29, 0.717) is 29.5 Å². The van der Waals surface area contributed by atoms with Gasteiger partial charge in [0.2, 0.25) is 0 Å². The molecule has 0 spiro atoms. The highest BCUT2D eigenvalue weighted by atomic mass is 16.3. The molecule has 3 N–H and O–H groups in total. The average Bonchev–Trinajstić information content (AvgIpc) is 2.82. The summed E-state index contributed by atoms with van der Waals surface area (Å²) in [4.78, 5) is 0. The lowest BCUT2D eigenvalue weighted by atomic mass is 9.53. The maximum atomic E-state index is 10.6. The zero-order valence-electron chi connectivity index (χ0n) is 14.3. The topological polar surface area (TPSA) is 52.5 Å². The lowest BCUT2D eigenvalue weighted by Gasteiger charge is -2.54. The van der Waals surface area contributed by atoms with Crippen molar-refractivity contribution in [2.45, 2.75) is 64.0 Å². The number of fused-ring (bicyclic) bond motifs is 5. The number of hydrogen-bond acceptors (Lipinski definition) is 3. The second kappa shape index (κ2) is 5.49. The molecule has 126 valence electrons. The van der Waals surface area contributed by atoms with Crippen LogP contribution >= 0.6 is 0 Å². The van der Waals surface area contributed by atoms with Crippen molar-refractivity contribution >= 4 is 0 Å². The van der Waals surface area contributed by atoms with Gasteiger partial charge in [0, 0.05) is 12.0 Å². The van der Waals surface area contributed by atoms with Gasteiger partial charge in [0.1, 0.15) is 5.75 Å². The maximum absolute atomic E-state index is 10.6. The Morgan fingerprint density at radius 2 is 2.09 bits per heavy atom. The molecule has 0 heterocycles. The fourth-order valence-corrected chi connectivity index (χ4v) is 6.13. The van der Waals surface area contributed by atoms with Gasteiger partial charge in [-0.15, -0.1) is 0 Å². The van der Waals surface area contributed by atoms with E-state index in [-0.39, 0.29) is 11.5 Å². The number of phenols is 1. The highest BCUT2D eigenvalue weighted by Gasteiger charge is 2.57. The largest absolute Gasteiger partial charge is 0.508 e. The van der Waals surface area contributed by atoms with Crippen LogP contribution in [0.25, 0.3) is 0 Å². The van der Waals surface area contributed by atoms with E-state index in [2.05, 4.69) is 25.2 Å². The summed E-state index contributed by atoms with van der Waals surface area (Å²) in [5.41, 5.74) is 2.84. The molecular formula is C20H29NO2. The molecule has 2 saturated carbocycles.